The van der Waals surface area contributed by atoms with Crippen LogP contribution >= 0.6 is 0 Å². The van der Waals surface area contributed by atoms with Gasteiger partial charge in [0.2, 0.25) is 5.91 Å². The molecule has 0 unspecified atom stereocenters. The molecule has 0 radical (unpaired) electrons. The second kappa shape index (κ2) is 7.74. The van der Waals surface area contributed by atoms with Gasteiger partial charge in [-0.05, 0) is 18.2 Å². The number of aromatic nitrogens is 4. The van der Waals surface area contributed by atoms with Crippen LogP contribution in [0.3, 0.4) is 0 Å². The first-order chi connectivity index (χ1) is 14.7. The molecule has 0 atom stereocenters. The minimum atomic E-state index is -0.216. The molecule has 0 bridgehead atoms. The van der Waals surface area contributed by atoms with Crippen LogP contribution in [0.1, 0.15) is 0 Å². The van der Waals surface area contributed by atoms with Gasteiger partial charge in [-0.1, -0.05) is 12.1 Å². The van der Waals surface area contributed by atoms with E-state index in [1.807, 2.05) is 34.2 Å². The largest absolute Gasteiger partial charge is 0.366 e. The molecule has 2 fully saturated rings. The summed E-state index contributed by atoms with van der Waals surface area (Å²) >= 11 is 0. The Hall–Kier alpha value is -3.49. The number of para-hydroxylation sites is 1. The standard InChI is InChI=1S/C21H22FN7O/c22-17-4-1-2-5-18(17)26-8-10-27(11-9-26)21(30)16-13-28(14-16)19-12-20(24-15-23-19)29-7-3-6-25-29/h1-7,12,15-16H,8-11,13-14H2. The average molecular weight is 407 g/mol. The summed E-state index contributed by atoms with van der Waals surface area (Å²) in [5, 5.41) is 4.19. The lowest BCUT2D eigenvalue weighted by molar-refractivity contribution is -0.136. The Balaban J connectivity index is 1.16. The lowest BCUT2D eigenvalue weighted by Crippen LogP contribution is -2.58. The zero-order valence-electron chi connectivity index (χ0n) is 16.4. The summed E-state index contributed by atoms with van der Waals surface area (Å²) in [6.45, 7) is 3.79. The molecule has 0 spiro atoms. The monoisotopic (exact) mass is 407 g/mol. The Kier molecular flexibility index (Phi) is 4.78. The van der Waals surface area contributed by atoms with E-state index in [1.165, 1.54) is 12.4 Å². The highest BCUT2D eigenvalue weighted by Crippen LogP contribution is 2.26. The number of hydrogen-bond donors (Lipinski definition) is 0. The summed E-state index contributed by atoms with van der Waals surface area (Å²) < 4.78 is 15.7. The molecule has 3 aromatic rings. The number of carbonyl (C=O) groups is 1. The Bertz CT molecular complexity index is 1030. The predicted octanol–water partition coefficient (Wildman–Crippen LogP) is 1.59. The van der Waals surface area contributed by atoms with Crippen LogP contribution in [0.5, 0.6) is 0 Å². The van der Waals surface area contributed by atoms with Gasteiger partial charge in [0.05, 0.1) is 11.6 Å². The van der Waals surface area contributed by atoms with E-state index in [1.54, 1.807) is 23.0 Å². The second-order valence-corrected chi connectivity index (χ2v) is 7.55. The quantitative estimate of drug-likeness (QED) is 0.654. The SMILES string of the molecule is O=C(C1CN(c2cc(-n3cccn3)ncn2)C1)N1CCN(c2ccccc2F)CC1. The third-order valence-electron chi connectivity index (χ3n) is 5.72. The van der Waals surface area contributed by atoms with Crippen molar-refractivity contribution in [3.63, 3.8) is 0 Å². The Morgan fingerprint density at radius 1 is 0.967 bits per heavy atom. The zero-order valence-corrected chi connectivity index (χ0v) is 16.4. The fourth-order valence-electron chi connectivity index (χ4n) is 4.00. The molecule has 5 rings (SSSR count). The summed E-state index contributed by atoms with van der Waals surface area (Å²) in [4.78, 5) is 27.4. The van der Waals surface area contributed by atoms with E-state index < -0.39 is 0 Å². The molecule has 2 aliphatic heterocycles. The lowest BCUT2D eigenvalue weighted by Gasteiger charge is -2.43. The Labute approximate surface area is 173 Å². The first kappa shape index (κ1) is 18.5. The minimum absolute atomic E-state index is 0.0341. The number of rotatable bonds is 4. The van der Waals surface area contributed by atoms with Crippen molar-refractivity contribution in [2.24, 2.45) is 5.92 Å². The highest BCUT2D eigenvalue weighted by Gasteiger charge is 2.37. The van der Waals surface area contributed by atoms with Gasteiger partial charge in [0.15, 0.2) is 5.82 Å². The van der Waals surface area contributed by atoms with E-state index in [-0.39, 0.29) is 17.6 Å². The number of halogens is 1. The molecule has 9 heteroatoms. The predicted molar refractivity (Wildman–Crippen MR) is 110 cm³/mol. The van der Waals surface area contributed by atoms with Gasteiger partial charge >= 0.3 is 0 Å². The van der Waals surface area contributed by atoms with Crippen molar-refractivity contribution in [1.82, 2.24) is 24.6 Å². The Morgan fingerprint density at radius 2 is 1.73 bits per heavy atom. The maximum absolute atomic E-state index is 14.0. The second-order valence-electron chi connectivity index (χ2n) is 7.55. The topological polar surface area (TPSA) is 70.4 Å². The summed E-state index contributed by atoms with van der Waals surface area (Å²) in [7, 11) is 0. The lowest BCUT2D eigenvalue weighted by atomic mass is 9.98. The number of anilines is 2. The zero-order chi connectivity index (χ0) is 20.5. The van der Waals surface area contributed by atoms with E-state index in [4.69, 9.17) is 0 Å². The summed E-state index contributed by atoms with van der Waals surface area (Å²) in [5.74, 6) is 1.41. The molecule has 0 saturated carbocycles. The molecule has 8 nitrogen and oxygen atoms in total. The van der Waals surface area contributed by atoms with Crippen molar-refractivity contribution in [1.29, 1.82) is 0 Å². The van der Waals surface area contributed by atoms with Crippen molar-refractivity contribution in [3.05, 3.63) is 60.9 Å². The molecule has 2 aromatic heterocycles. The molecule has 154 valence electrons. The van der Waals surface area contributed by atoms with Crippen LogP contribution in [0.25, 0.3) is 5.82 Å². The van der Waals surface area contributed by atoms with Gasteiger partial charge in [-0.25, -0.2) is 19.0 Å². The molecule has 2 saturated heterocycles. The van der Waals surface area contributed by atoms with Gasteiger partial charge in [0.1, 0.15) is 18.0 Å². The van der Waals surface area contributed by atoms with E-state index in [2.05, 4.69) is 20.0 Å². The van der Waals surface area contributed by atoms with E-state index in [0.29, 0.717) is 50.8 Å². The number of piperazine rings is 1. The molecule has 2 aliphatic rings. The fraction of sp³-hybridized carbons (Fsp3) is 0.333. The molecule has 0 aliphatic carbocycles. The molecule has 1 amide bonds. The first-order valence-corrected chi connectivity index (χ1v) is 10.0. The molecule has 30 heavy (non-hydrogen) atoms. The van der Waals surface area contributed by atoms with Gasteiger partial charge in [-0.15, -0.1) is 0 Å². The number of nitrogens with zero attached hydrogens (tertiary/aromatic N) is 7. The number of amides is 1. The van der Waals surface area contributed by atoms with Crippen LogP contribution in [0.4, 0.5) is 15.9 Å². The van der Waals surface area contributed by atoms with Crippen molar-refractivity contribution >= 4 is 17.4 Å². The van der Waals surface area contributed by atoms with Crippen LogP contribution in [-0.4, -0.2) is 69.8 Å². The van der Waals surface area contributed by atoms with Crippen LogP contribution < -0.4 is 9.80 Å². The van der Waals surface area contributed by atoms with Crippen LogP contribution in [0, 0.1) is 11.7 Å². The van der Waals surface area contributed by atoms with E-state index in [9.17, 15) is 9.18 Å². The molecule has 1 aromatic carbocycles. The average Bonchev–Trinajstić information content (AvgIpc) is 3.28. The third-order valence-corrected chi connectivity index (χ3v) is 5.72. The smallest absolute Gasteiger partial charge is 0.229 e. The molecular formula is C21H22FN7O. The number of carbonyl (C=O) groups excluding carboxylic acids is 1. The van der Waals surface area contributed by atoms with Crippen molar-refractivity contribution < 1.29 is 9.18 Å². The molecular weight excluding hydrogens is 385 g/mol. The van der Waals surface area contributed by atoms with Crippen molar-refractivity contribution in [2.75, 3.05) is 49.1 Å². The normalized spacial score (nSPS) is 17.2. The molecule has 0 N–H and O–H groups in total. The van der Waals surface area contributed by atoms with Crippen LogP contribution in [0.2, 0.25) is 0 Å². The number of benzene rings is 1. The maximum Gasteiger partial charge on any atom is 0.229 e. The molecule has 4 heterocycles. The van der Waals surface area contributed by atoms with Crippen molar-refractivity contribution in [3.8, 4) is 5.82 Å². The van der Waals surface area contributed by atoms with Crippen LogP contribution in [-0.2, 0) is 4.79 Å². The van der Waals surface area contributed by atoms with E-state index in [0.717, 1.165) is 5.82 Å². The third kappa shape index (κ3) is 3.47. The van der Waals surface area contributed by atoms with Gasteiger partial charge in [-0.3, -0.25) is 4.79 Å². The maximum atomic E-state index is 14.0. The number of hydrogen-bond acceptors (Lipinski definition) is 6. The summed E-state index contributed by atoms with van der Waals surface area (Å²) in [6, 6.07) is 10.5. The highest BCUT2D eigenvalue weighted by molar-refractivity contribution is 5.82. The van der Waals surface area contributed by atoms with E-state index >= 15 is 0 Å². The minimum Gasteiger partial charge on any atom is -0.366 e. The summed E-state index contributed by atoms with van der Waals surface area (Å²) in [5.41, 5.74) is 0.608. The Morgan fingerprint density at radius 3 is 2.47 bits per heavy atom. The van der Waals surface area contributed by atoms with Gasteiger partial charge in [0, 0.05) is 57.7 Å². The summed E-state index contributed by atoms with van der Waals surface area (Å²) in [6.07, 6.45) is 5.05. The first-order valence-electron chi connectivity index (χ1n) is 10.0. The van der Waals surface area contributed by atoms with Gasteiger partial charge in [-0.2, -0.15) is 5.10 Å². The fourth-order valence-corrected chi connectivity index (χ4v) is 4.00. The van der Waals surface area contributed by atoms with Crippen LogP contribution in [0.15, 0.2) is 55.1 Å². The van der Waals surface area contributed by atoms with Gasteiger partial charge < -0.3 is 14.7 Å². The van der Waals surface area contributed by atoms with Gasteiger partial charge in [0.25, 0.3) is 0 Å². The highest BCUT2D eigenvalue weighted by atomic mass is 19.1. The van der Waals surface area contributed by atoms with Crippen molar-refractivity contribution in [2.45, 2.75) is 0 Å².